The Hall–Kier alpha value is -2.00. The third kappa shape index (κ3) is 3.01. The van der Waals surface area contributed by atoms with E-state index in [9.17, 15) is 19.8 Å². The minimum atomic E-state index is -2.18. The molecule has 2 fully saturated rings. The van der Waals surface area contributed by atoms with Crippen LogP contribution in [0.4, 0.5) is 0 Å². The number of hydrogen-bond acceptors (Lipinski definition) is 8. The van der Waals surface area contributed by atoms with Crippen LogP contribution >= 0.6 is 0 Å². The van der Waals surface area contributed by atoms with E-state index in [-0.39, 0.29) is 13.0 Å². The first kappa shape index (κ1) is 16.8. The standard InChI is InChI=1S/C16H18O8/c1-21-15(19)16(20)7-10-12(17)13(24-16)11(23-10)8-22-14(18)9-5-3-2-4-6-9/h2-6,10-13,17,20H,7-8H2,1H3/t10-,11-,12+,13-,16-/m1/s1. The third-order valence-corrected chi connectivity index (χ3v) is 4.13. The number of ether oxygens (including phenoxy) is 4. The van der Waals surface area contributed by atoms with Crippen molar-refractivity contribution in [1.82, 2.24) is 0 Å². The van der Waals surface area contributed by atoms with E-state index in [4.69, 9.17) is 14.2 Å². The molecule has 0 unspecified atom stereocenters. The predicted octanol–water partition coefficient (Wildman–Crippen LogP) is -0.378. The average Bonchev–Trinajstić information content (AvgIpc) is 2.78. The molecule has 130 valence electrons. The molecule has 0 radical (unpaired) electrons. The van der Waals surface area contributed by atoms with Gasteiger partial charge in [-0.15, -0.1) is 0 Å². The van der Waals surface area contributed by atoms with Gasteiger partial charge in [-0.05, 0) is 12.1 Å². The first-order valence-corrected chi connectivity index (χ1v) is 7.49. The van der Waals surface area contributed by atoms with E-state index in [0.29, 0.717) is 5.56 Å². The number of methoxy groups -OCH3 is 1. The average molecular weight is 338 g/mol. The number of aliphatic hydroxyl groups is 2. The van der Waals surface area contributed by atoms with Crippen molar-refractivity contribution in [2.24, 2.45) is 0 Å². The number of benzene rings is 1. The molecule has 2 heterocycles. The van der Waals surface area contributed by atoms with E-state index in [2.05, 4.69) is 4.74 Å². The van der Waals surface area contributed by atoms with Crippen molar-refractivity contribution < 1.29 is 38.7 Å². The summed E-state index contributed by atoms with van der Waals surface area (Å²) in [5.41, 5.74) is 0.381. The van der Waals surface area contributed by atoms with Gasteiger partial charge >= 0.3 is 11.9 Å². The van der Waals surface area contributed by atoms with Crippen LogP contribution in [0, 0.1) is 0 Å². The van der Waals surface area contributed by atoms with E-state index >= 15 is 0 Å². The largest absolute Gasteiger partial charge is 0.465 e. The van der Waals surface area contributed by atoms with Gasteiger partial charge in [0.15, 0.2) is 0 Å². The summed E-state index contributed by atoms with van der Waals surface area (Å²) in [4.78, 5) is 23.6. The van der Waals surface area contributed by atoms with Crippen molar-refractivity contribution in [3.63, 3.8) is 0 Å². The van der Waals surface area contributed by atoms with E-state index in [1.54, 1.807) is 30.3 Å². The lowest BCUT2D eigenvalue weighted by molar-refractivity contribution is -0.271. The monoisotopic (exact) mass is 338 g/mol. The van der Waals surface area contributed by atoms with Crippen LogP contribution in [-0.2, 0) is 23.7 Å². The minimum Gasteiger partial charge on any atom is -0.465 e. The van der Waals surface area contributed by atoms with Gasteiger partial charge in [0, 0.05) is 6.42 Å². The lowest BCUT2D eigenvalue weighted by Crippen LogP contribution is -2.56. The molecule has 8 nitrogen and oxygen atoms in total. The minimum absolute atomic E-state index is 0.177. The molecule has 1 aromatic carbocycles. The van der Waals surface area contributed by atoms with Crippen molar-refractivity contribution in [1.29, 1.82) is 0 Å². The first-order valence-electron chi connectivity index (χ1n) is 7.49. The molecule has 2 N–H and O–H groups in total. The second-order valence-electron chi connectivity index (χ2n) is 5.73. The summed E-state index contributed by atoms with van der Waals surface area (Å²) in [5.74, 6) is -3.69. The van der Waals surface area contributed by atoms with E-state index < -0.39 is 42.1 Å². The molecule has 2 aliphatic rings. The van der Waals surface area contributed by atoms with Crippen molar-refractivity contribution in [2.75, 3.05) is 13.7 Å². The van der Waals surface area contributed by atoms with Crippen molar-refractivity contribution in [3.05, 3.63) is 35.9 Å². The summed E-state index contributed by atoms with van der Waals surface area (Å²) in [6.45, 7) is -0.177. The molecule has 2 bridgehead atoms. The van der Waals surface area contributed by atoms with Crippen LogP contribution in [0.1, 0.15) is 16.8 Å². The predicted molar refractivity (Wildman–Crippen MR) is 77.8 cm³/mol. The van der Waals surface area contributed by atoms with Gasteiger partial charge in [0.05, 0.1) is 18.8 Å². The van der Waals surface area contributed by atoms with Crippen LogP contribution in [0.2, 0.25) is 0 Å². The maximum Gasteiger partial charge on any atom is 0.366 e. The fraction of sp³-hybridized carbons (Fsp3) is 0.500. The van der Waals surface area contributed by atoms with Crippen LogP contribution in [0.3, 0.4) is 0 Å². The molecule has 1 aromatic rings. The summed E-state index contributed by atoms with van der Waals surface area (Å²) in [5, 5.41) is 20.3. The Kier molecular flexibility index (Phi) is 4.55. The molecule has 8 heteroatoms. The van der Waals surface area contributed by atoms with Gasteiger partial charge < -0.3 is 29.2 Å². The lowest BCUT2D eigenvalue weighted by Gasteiger charge is -2.35. The normalized spacial score (nSPS) is 34.6. The molecule has 24 heavy (non-hydrogen) atoms. The molecule has 2 saturated heterocycles. The van der Waals surface area contributed by atoms with Gasteiger partial charge in [0.2, 0.25) is 0 Å². The van der Waals surface area contributed by atoms with Crippen LogP contribution in [0.25, 0.3) is 0 Å². The Balaban J connectivity index is 1.64. The van der Waals surface area contributed by atoms with Crippen molar-refractivity contribution in [3.8, 4) is 0 Å². The van der Waals surface area contributed by atoms with Gasteiger partial charge in [0.25, 0.3) is 5.79 Å². The fourth-order valence-corrected chi connectivity index (χ4v) is 2.91. The van der Waals surface area contributed by atoms with Gasteiger partial charge in [-0.2, -0.15) is 0 Å². The maximum absolute atomic E-state index is 12.0. The summed E-state index contributed by atoms with van der Waals surface area (Å²) < 4.78 is 20.5. The quantitative estimate of drug-likeness (QED) is 0.715. The third-order valence-electron chi connectivity index (χ3n) is 4.13. The highest BCUT2D eigenvalue weighted by Gasteiger charge is 2.59. The van der Waals surface area contributed by atoms with Crippen molar-refractivity contribution in [2.45, 2.75) is 36.6 Å². The van der Waals surface area contributed by atoms with Gasteiger partial charge in [0.1, 0.15) is 24.9 Å². The lowest BCUT2D eigenvalue weighted by atomic mass is 9.96. The summed E-state index contributed by atoms with van der Waals surface area (Å²) in [6.07, 6.45) is -3.91. The molecule has 3 rings (SSSR count). The Labute approximate surface area is 137 Å². The zero-order valence-corrected chi connectivity index (χ0v) is 13.0. The zero-order valence-electron chi connectivity index (χ0n) is 13.0. The Morgan fingerprint density at radius 2 is 2.04 bits per heavy atom. The highest BCUT2D eigenvalue weighted by Crippen LogP contribution is 2.38. The maximum atomic E-state index is 12.0. The van der Waals surface area contributed by atoms with E-state index in [0.717, 1.165) is 7.11 Å². The smallest absolute Gasteiger partial charge is 0.366 e. The van der Waals surface area contributed by atoms with E-state index in [1.165, 1.54) is 0 Å². The highest BCUT2D eigenvalue weighted by molar-refractivity contribution is 5.89. The summed E-state index contributed by atoms with van der Waals surface area (Å²) >= 11 is 0. The number of aliphatic hydroxyl groups excluding tert-OH is 1. The molecule has 0 aromatic heterocycles. The number of esters is 2. The molecule has 5 atom stereocenters. The summed E-state index contributed by atoms with van der Waals surface area (Å²) in [7, 11) is 1.12. The van der Waals surface area contributed by atoms with Gasteiger partial charge in [-0.3, -0.25) is 0 Å². The first-order chi connectivity index (χ1) is 11.4. The second kappa shape index (κ2) is 6.48. The molecular weight excluding hydrogens is 320 g/mol. The van der Waals surface area contributed by atoms with Gasteiger partial charge in [-0.1, -0.05) is 18.2 Å². The van der Waals surface area contributed by atoms with Crippen molar-refractivity contribution >= 4 is 11.9 Å². The van der Waals surface area contributed by atoms with Crippen LogP contribution in [0.15, 0.2) is 30.3 Å². The van der Waals surface area contributed by atoms with E-state index in [1.807, 2.05) is 0 Å². The molecule has 0 amide bonds. The van der Waals surface area contributed by atoms with Crippen LogP contribution in [0.5, 0.6) is 0 Å². The summed E-state index contributed by atoms with van der Waals surface area (Å²) in [6, 6.07) is 8.41. The number of carbonyl (C=O) groups is 2. The molecule has 0 aliphatic carbocycles. The second-order valence-corrected chi connectivity index (χ2v) is 5.73. The van der Waals surface area contributed by atoms with Gasteiger partial charge in [-0.25, -0.2) is 9.59 Å². The Morgan fingerprint density at radius 1 is 1.33 bits per heavy atom. The Morgan fingerprint density at radius 3 is 2.71 bits per heavy atom. The number of carbonyl (C=O) groups excluding carboxylic acids is 2. The number of fused-ring (bicyclic) bond motifs is 2. The number of rotatable bonds is 4. The molecular formula is C16H18O8. The fourth-order valence-electron chi connectivity index (χ4n) is 2.91. The number of hydrogen-bond donors (Lipinski definition) is 2. The van der Waals surface area contributed by atoms with Crippen LogP contribution in [-0.4, -0.2) is 66.1 Å². The highest BCUT2D eigenvalue weighted by atomic mass is 16.7. The van der Waals surface area contributed by atoms with Crippen LogP contribution < -0.4 is 0 Å². The topological polar surface area (TPSA) is 112 Å². The molecule has 2 aliphatic heterocycles. The zero-order chi connectivity index (χ0) is 17.3. The SMILES string of the molecule is COC(=O)[C@@]1(O)C[C@H]2O[C@H](COC(=O)c3ccccc3)[C@@H](O1)[C@H]2O. The molecule has 0 saturated carbocycles. The molecule has 0 spiro atoms. The Bertz CT molecular complexity index is 618.